The largest absolute Gasteiger partial charge is 0.480 e. The number of carbonyl (C=O) groups is 1. The van der Waals surface area contributed by atoms with Crippen molar-refractivity contribution in [3.63, 3.8) is 0 Å². The minimum absolute atomic E-state index is 0.110. The van der Waals surface area contributed by atoms with Gasteiger partial charge < -0.3 is 10.0 Å². The number of carboxylic acids is 1. The predicted molar refractivity (Wildman–Crippen MR) is 87.1 cm³/mol. The molecule has 0 radical (unpaired) electrons. The lowest BCUT2D eigenvalue weighted by Gasteiger charge is -2.35. The van der Waals surface area contributed by atoms with Crippen LogP contribution in [0.2, 0.25) is 0 Å². The fraction of sp³-hybridized carbons (Fsp3) is 0.438. The Hall–Kier alpha value is -2.41. The fourth-order valence-electron chi connectivity index (χ4n) is 3.12. The zero-order valence-corrected chi connectivity index (χ0v) is 13.4. The fourth-order valence-corrected chi connectivity index (χ4v) is 3.12. The summed E-state index contributed by atoms with van der Waals surface area (Å²) in [6, 6.07) is 5.77. The van der Waals surface area contributed by atoms with Gasteiger partial charge in [0.2, 0.25) is 0 Å². The summed E-state index contributed by atoms with van der Waals surface area (Å²) in [6.07, 6.45) is 1.76. The van der Waals surface area contributed by atoms with Gasteiger partial charge in [0.25, 0.3) is 0 Å². The summed E-state index contributed by atoms with van der Waals surface area (Å²) < 4.78 is 1.87. The quantitative estimate of drug-likeness (QED) is 0.910. The molecule has 1 fully saturated rings. The Kier molecular flexibility index (Phi) is 4.29. The number of rotatable bonds is 4. The number of aromatic nitrogens is 3. The number of carboxylic acid groups (broad SMARTS) is 1. The lowest BCUT2D eigenvalue weighted by molar-refractivity contribution is -0.138. The number of aliphatic carboxylic acids is 1. The highest BCUT2D eigenvalue weighted by Gasteiger charge is 2.24. The van der Waals surface area contributed by atoms with Gasteiger partial charge in [-0.3, -0.25) is 9.69 Å². The summed E-state index contributed by atoms with van der Waals surface area (Å²) in [4.78, 5) is 19.4. The van der Waals surface area contributed by atoms with Gasteiger partial charge in [0.1, 0.15) is 0 Å². The van der Waals surface area contributed by atoms with Crippen LogP contribution in [0.25, 0.3) is 5.82 Å². The van der Waals surface area contributed by atoms with Crippen molar-refractivity contribution >= 4 is 11.7 Å². The van der Waals surface area contributed by atoms with Crippen molar-refractivity contribution in [2.75, 3.05) is 37.6 Å². The predicted octanol–water partition coefficient (Wildman–Crippen LogP) is 1.09. The summed E-state index contributed by atoms with van der Waals surface area (Å²) >= 11 is 0. The van der Waals surface area contributed by atoms with Crippen LogP contribution in [0.15, 0.2) is 24.4 Å². The molecule has 0 saturated carbocycles. The van der Waals surface area contributed by atoms with Gasteiger partial charge in [-0.05, 0) is 26.0 Å². The smallest absolute Gasteiger partial charge is 0.317 e. The number of piperazine rings is 1. The number of aryl methyl sites for hydroxylation is 1. The summed E-state index contributed by atoms with van der Waals surface area (Å²) in [5, 5.41) is 13.5. The second-order valence-electron chi connectivity index (χ2n) is 5.78. The van der Waals surface area contributed by atoms with E-state index in [4.69, 9.17) is 5.11 Å². The molecule has 2 aromatic rings. The van der Waals surface area contributed by atoms with Gasteiger partial charge in [-0.15, -0.1) is 0 Å². The third-order valence-electron chi connectivity index (χ3n) is 4.17. The van der Waals surface area contributed by atoms with E-state index in [-0.39, 0.29) is 6.54 Å². The first-order valence-corrected chi connectivity index (χ1v) is 7.73. The zero-order valence-electron chi connectivity index (χ0n) is 13.4. The molecular formula is C16H21N5O2. The Bertz CT molecular complexity index is 690. The van der Waals surface area contributed by atoms with Gasteiger partial charge in [-0.25, -0.2) is 9.67 Å². The maximum Gasteiger partial charge on any atom is 0.317 e. The lowest BCUT2D eigenvalue weighted by atomic mass is 10.2. The Morgan fingerprint density at radius 3 is 2.57 bits per heavy atom. The Morgan fingerprint density at radius 2 is 1.96 bits per heavy atom. The molecule has 122 valence electrons. The molecule has 3 heterocycles. The second kappa shape index (κ2) is 6.37. The minimum Gasteiger partial charge on any atom is -0.480 e. The van der Waals surface area contributed by atoms with E-state index in [1.807, 2.05) is 41.6 Å². The highest BCUT2D eigenvalue weighted by molar-refractivity contribution is 5.69. The molecule has 2 aromatic heterocycles. The molecule has 0 amide bonds. The normalized spacial score (nSPS) is 15.8. The maximum absolute atomic E-state index is 10.8. The summed E-state index contributed by atoms with van der Waals surface area (Å²) in [6.45, 7) is 7.28. The highest BCUT2D eigenvalue weighted by Crippen LogP contribution is 2.27. The summed E-state index contributed by atoms with van der Waals surface area (Å²) in [5.41, 5.74) is 3.17. The standard InChI is InChI=1S/C16H21N5O2/c1-12-16(20-9-7-19(8-10-20)11-15(22)23)13(2)21(18-12)14-5-3-4-6-17-14/h3-6H,7-11H2,1-2H3,(H,22,23). The van der Waals surface area contributed by atoms with Crippen molar-refractivity contribution in [2.45, 2.75) is 13.8 Å². The third kappa shape index (κ3) is 3.19. The molecule has 1 aliphatic rings. The van der Waals surface area contributed by atoms with Crippen molar-refractivity contribution in [1.82, 2.24) is 19.7 Å². The molecule has 3 rings (SSSR count). The number of anilines is 1. The molecule has 23 heavy (non-hydrogen) atoms. The van der Waals surface area contributed by atoms with E-state index in [9.17, 15) is 4.79 Å². The molecule has 1 aliphatic heterocycles. The number of hydrogen-bond donors (Lipinski definition) is 1. The van der Waals surface area contributed by atoms with Crippen molar-refractivity contribution < 1.29 is 9.90 Å². The average Bonchev–Trinajstić information content (AvgIpc) is 2.83. The van der Waals surface area contributed by atoms with E-state index in [1.54, 1.807) is 6.20 Å². The summed E-state index contributed by atoms with van der Waals surface area (Å²) in [5.74, 6) is 0.0395. The summed E-state index contributed by atoms with van der Waals surface area (Å²) in [7, 11) is 0. The van der Waals surface area contributed by atoms with Crippen LogP contribution in [0.1, 0.15) is 11.4 Å². The number of pyridine rings is 1. The van der Waals surface area contributed by atoms with Crippen LogP contribution in [-0.2, 0) is 4.79 Å². The SMILES string of the molecule is Cc1nn(-c2ccccn2)c(C)c1N1CCN(CC(=O)O)CC1. The molecule has 1 saturated heterocycles. The molecule has 0 spiro atoms. The van der Waals surface area contributed by atoms with E-state index in [1.165, 1.54) is 0 Å². The minimum atomic E-state index is -0.770. The maximum atomic E-state index is 10.8. The van der Waals surface area contributed by atoms with Crippen molar-refractivity contribution in [2.24, 2.45) is 0 Å². The van der Waals surface area contributed by atoms with Crippen molar-refractivity contribution in [3.8, 4) is 5.82 Å². The molecule has 7 nitrogen and oxygen atoms in total. The molecule has 0 unspecified atom stereocenters. The Balaban J connectivity index is 1.79. The van der Waals surface area contributed by atoms with Crippen LogP contribution in [0, 0.1) is 13.8 Å². The Morgan fingerprint density at radius 1 is 1.22 bits per heavy atom. The van der Waals surface area contributed by atoms with Crippen LogP contribution < -0.4 is 4.90 Å². The van der Waals surface area contributed by atoms with Gasteiger partial charge in [0, 0.05) is 32.4 Å². The lowest BCUT2D eigenvalue weighted by Crippen LogP contribution is -2.48. The van der Waals surface area contributed by atoms with Gasteiger partial charge in [-0.2, -0.15) is 5.10 Å². The molecule has 0 aromatic carbocycles. The van der Waals surface area contributed by atoms with Gasteiger partial charge in [0.15, 0.2) is 5.82 Å². The van der Waals surface area contributed by atoms with E-state index in [2.05, 4.69) is 15.0 Å². The van der Waals surface area contributed by atoms with Crippen molar-refractivity contribution in [3.05, 3.63) is 35.8 Å². The molecule has 0 aliphatic carbocycles. The molecule has 0 atom stereocenters. The molecular weight excluding hydrogens is 294 g/mol. The molecule has 7 heteroatoms. The first-order chi connectivity index (χ1) is 11.1. The molecule has 0 bridgehead atoms. The van der Waals surface area contributed by atoms with E-state index in [0.717, 1.165) is 49.1 Å². The third-order valence-corrected chi connectivity index (χ3v) is 4.17. The van der Waals surface area contributed by atoms with Gasteiger partial charge >= 0.3 is 5.97 Å². The second-order valence-corrected chi connectivity index (χ2v) is 5.78. The van der Waals surface area contributed by atoms with Gasteiger partial charge in [0.05, 0.1) is 23.6 Å². The van der Waals surface area contributed by atoms with Crippen LogP contribution >= 0.6 is 0 Å². The average molecular weight is 315 g/mol. The zero-order chi connectivity index (χ0) is 16.4. The number of nitrogens with zero attached hydrogens (tertiary/aromatic N) is 5. The monoisotopic (exact) mass is 315 g/mol. The first kappa shape index (κ1) is 15.5. The van der Waals surface area contributed by atoms with E-state index in [0.29, 0.717) is 0 Å². The topological polar surface area (TPSA) is 74.5 Å². The van der Waals surface area contributed by atoms with Crippen LogP contribution in [0.4, 0.5) is 5.69 Å². The highest BCUT2D eigenvalue weighted by atomic mass is 16.4. The van der Waals surface area contributed by atoms with E-state index >= 15 is 0 Å². The Labute approximate surface area is 135 Å². The molecule has 1 N–H and O–H groups in total. The van der Waals surface area contributed by atoms with Gasteiger partial charge in [-0.1, -0.05) is 6.07 Å². The first-order valence-electron chi connectivity index (χ1n) is 7.73. The van der Waals surface area contributed by atoms with Crippen LogP contribution in [0.5, 0.6) is 0 Å². The van der Waals surface area contributed by atoms with Crippen LogP contribution in [0.3, 0.4) is 0 Å². The van der Waals surface area contributed by atoms with Crippen LogP contribution in [-0.4, -0.2) is 63.5 Å². The van der Waals surface area contributed by atoms with E-state index < -0.39 is 5.97 Å². The van der Waals surface area contributed by atoms with Crippen molar-refractivity contribution in [1.29, 1.82) is 0 Å². The number of hydrogen-bond acceptors (Lipinski definition) is 5.